The summed E-state index contributed by atoms with van der Waals surface area (Å²) in [7, 11) is 0. The summed E-state index contributed by atoms with van der Waals surface area (Å²) in [5.74, 6) is 0.144. The van der Waals surface area contributed by atoms with E-state index in [-0.39, 0.29) is 17.9 Å². The monoisotopic (exact) mass is 305 g/mol. The quantitative estimate of drug-likeness (QED) is 0.821. The summed E-state index contributed by atoms with van der Waals surface area (Å²) in [5, 5.41) is 10.5. The van der Waals surface area contributed by atoms with Crippen molar-refractivity contribution in [3.05, 3.63) is 35.9 Å². The van der Waals surface area contributed by atoms with Crippen molar-refractivity contribution in [3.63, 3.8) is 0 Å². The summed E-state index contributed by atoms with van der Waals surface area (Å²) in [6, 6.07) is 9.69. The van der Waals surface area contributed by atoms with Gasteiger partial charge in [0.25, 0.3) is 0 Å². The molecular formula is C18H27NO3. The Morgan fingerprint density at radius 2 is 1.91 bits per heavy atom. The number of hydrogen-bond donors (Lipinski definition) is 1. The lowest BCUT2D eigenvalue weighted by molar-refractivity contribution is -0.150. The summed E-state index contributed by atoms with van der Waals surface area (Å²) in [6.45, 7) is 5.97. The molecule has 1 saturated heterocycles. The van der Waals surface area contributed by atoms with Crippen LogP contribution in [0.5, 0.6) is 0 Å². The number of piperidine rings is 1. The zero-order valence-corrected chi connectivity index (χ0v) is 13.6. The van der Waals surface area contributed by atoms with E-state index in [0.717, 1.165) is 37.9 Å². The van der Waals surface area contributed by atoms with E-state index in [9.17, 15) is 9.90 Å². The Hall–Kier alpha value is -1.39. The molecule has 22 heavy (non-hydrogen) atoms. The van der Waals surface area contributed by atoms with E-state index < -0.39 is 6.10 Å². The minimum atomic E-state index is -0.411. The fraction of sp³-hybridized carbons (Fsp3) is 0.611. The lowest BCUT2D eigenvalue weighted by atomic mass is 9.87. The summed E-state index contributed by atoms with van der Waals surface area (Å²) in [6.07, 6.45) is 2.17. The van der Waals surface area contributed by atoms with Gasteiger partial charge in [-0.3, -0.25) is 9.69 Å². The van der Waals surface area contributed by atoms with Crippen molar-refractivity contribution in [3.8, 4) is 0 Å². The summed E-state index contributed by atoms with van der Waals surface area (Å²) < 4.78 is 5.16. The van der Waals surface area contributed by atoms with Crippen molar-refractivity contribution in [2.45, 2.75) is 45.3 Å². The molecule has 4 nitrogen and oxygen atoms in total. The van der Waals surface area contributed by atoms with Crippen LogP contribution in [-0.4, -0.2) is 41.7 Å². The van der Waals surface area contributed by atoms with Gasteiger partial charge in [-0.15, -0.1) is 0 Å². The molecule has 122 valence electrons. The third-order valence-electron chi connectivity index (χ3n) is 4.55. The maximum Gasteiger partial charge on any atom is 0.323 e. The first kappa shape index (κ1) is 17.0. The first-order valence-electron chi connectivity index (χ1n) is 8.31. The van der Waals surface area contributed by atoms with Crippen molar-refractivity contribution >= 4 is 5.97 Å². The first-order chi connectivity index (χ1) is 10.7. The molecule has 0 bridgehead atoms. The Balaban J connectivity index is 1.91. The van der Waals surface area contributed by atoms with Gasteiger partial charge in [0, 0.05) is 0 Å². The lowest BCUT2D eigenvalue weighted by Crippen LogP contribution is -2.46. The highest BCUT2D eigenvalue weighted by Gasteiger charge is 2.32. The zero-order valence-electron chi connectivity index (χ0n) is 13.6. The zero-order chi connectivity index (χ0) is 15.9. The van der Waals surface area contributed by atoms with Crippen LogP contribution < -0.4 is 0 Å². The van der Waals surface area contributed by atoms with Gasteiger partial charge < -0.3 is 9.84 Å². The van der Waals surface area contributed by atoms with E-state index >= 15 is 0 Å². The van der Waals surface area contributed by atoms with Gasteiger partial charge in [0.05, 0.1) is 12.7 Å². The molecule has 0 amide bonds. The average molecular weight is 305 g/mol. The Bertz CT molecular complexity index is 455. The van der Waals surface area contributed by atoms with Gasteiger partial charge in [-0.25, -0.2) is 0 Å². The van der Waals surface area contributed by atoms with Gasteiger partial charge in [-0.2, -0.15) is 0 Å². The Labute approximate surface area is 133 Å². The van der Waals surface area contributed by atoms with Crippen molar-refractivity contribution in [1.82, 2.24) is 4.90 Å². The highest BCUT2D eigenvalue weighted by Crippen LogP contribution is 2.31. The predicted molar refractivity (Wildman–Crippen MR) is 86.4 cm³/mol. The van der Waals surface area contributed by atoms with Gasteiger partial charge in [0.2, 0.25) is 0 Å². The Kier molecular flexibility index (Phi) is 6.40. The second-order valence-electron chi connectivity index (χ2n) is 5.91. The van der Waals surface area contributed by atoms with E-state index in [1.54, 1.807) is 0 Å². The third kappa shape index (κ3) is 4.08. The van der Waals surface area contributed by atoms with E-state index in [2.05, 4.69) is 4.90 Å². The van der Waals surface area contributed by atoms with Gasteiger partial charge in [0.15, 0.2) is 0 Å². The molecule has 1 aromatic rings. The largest absolute Gasteiger partial charge is 0.465 e. The number of carbonyl (C=O) groups is 1. The molecule has 2 rings (SSSR count). The van der Waals surface area contributed by atoms with E-state index in [1.165, 1.54) is 0 Å². The van der Waals surface area contributed by atoms with Crippen LogP contribution in [0.25, 0.3) is 0 Å². The van der Waals surface area contributed by atoms with Crippen LogP contribution in [0.2, 0.25) is 0 Å². The number of aliphatic hydroxyl groups excluding tert-OH is 1. The molecule has 1 aliphatic heterocycles. The van der Waals surface area contributed by atoms with Gasteiger partial charge in [-0.05, 0) is 50.8 Å². The smallest absolute Gasteiger partial charge is 0.323 e. The highest BCUT2D eigenvalue weighted by atomic mass is 16.5. The summed E-state index contributed by atoms with van der Waals surface area (Å²) in [4.78, 5) is 14.2. The molecule has 1 aromatic carbocycles. The minimum absolute atomic E-state index is 0.118. The molecule has 2 unspecified atom stereocenters. The molecule has 0 aromatic heterocycles. The number of rotatable bonds is 6. The number of ether oxygens (including phenoxy) is 1. The molecule has 0 spiro atoms. The molecule has 2 atom stereocenters. The van der Waals surface area contributed by atoms with Crippen LogP contribution in [0.3, 0.4) is 0 Å². The molecule has 1 heterocycles. The molecule has 1 aliphatic rings. The number of hydrogen-bond acceptors (Lipinski definition) is 4. The normalized spacial score (nSPS) is 19.6. The molecular weight excluding hydrogens is 278 g/mol. The maximum absolute atomic E-state index is 12.0. The third-order valence-corrected chi connectivity index (χ3v) is 4.55. The number of nitrogens with zero attached hydrogens (tertiary/aromatic N) is 1. The summed E-state index contributed by atoms with van der Waals surface area (Å²) >= 11 is 0. The number of esters is 1. The van der Waals surface area contributed by atoms with Gasteiger partial charge >= 0.3 is 5.97 Å². The van der Waals surface area contributed by atoms with E-state index in [1.807, 2.05) is 44.2 Å². The maximum atomic E-state index is 12.0. The van der Waals surface area contributed by atoms with E-state index in [4.69, 9.17) is 4.74 Å². The van der Waals surface area contributed by atoms with Crippen molar-refractivity contribution in [1.29, 1.82) is 0 Å². The number of likely N-dealkylation sites (tertiary alicyclic amines) is 1. The van der Waals surface area contributed by atoms with Crippen LogP contribution in [0.1, 0.15) is 44.8 Å². The van der Waals surface area contributed by atoms with Gasteiger partial charge in [0.1, 0.15) is 6.04 Å². The standard InChI is InChI=1S/C18H27NO3/c1-3-16(18(21)22-4-2)19-12-10-15(11-13-19)17(20)14-8-6-5-7-9-14/h5-9,15-17,20H,3-4,10-13H2,1-2H3. The van der Waals surface area contributed by atoms with Crippen LogP contribution in [-0.2, 0) is 9.53 Å². The van der Waals surface area contributed by atoms with Gasteiger partial charge in [-0.1, -0.05) is 37.3 Å². The summed E-state index contributed by atoms with van der Waals surface area (Å²) in [5.41, 5.74) is 0.985. The number of aliphatic hydroxyl groups is 1. The topological polar surface area (TPSA) is 49.8 Å². The number of carbonyl (C=O) groups excluding carboxylic acids is 1. The molecule has 0 radical (unpaired) electrons. The molecule has 0 saturated carbocycles. The first-order valence-corrected chi connectivity index (χ1v) is 8.31. The lowest BCUT2D eigenvalue weighted by Gasteiger charge is -2.37. The van der Waals surface area contributed by atoms with Crippen molar-refractivity contribution in [2.75, 3.05) is 19.7 Å². The second kappa shape index (κ2) is 8.30. The molecule has 0 aliphatic carbocycles. The SMILES string of the molecule is CCOC(=O)C(CC)N1CCC(C(O)c2ccccc2)CC1. The number of benzene rings is 1. The molecule has 1 fully saturated rings. The van der Waals surface area contributed by atoms with Crippen molar-refractivity contribution < 1.29 is 14.6 Å². The van der Waals surface area contributed by atoms with Crippen LogP contribution in [0.15, 0.2) is 30.3 Å². The highest BCUT2D eigenvalue weighted by molar-refractivity contribution is 5.75. The Morgan fingerprint density at radius 1 is 1.27 bits per heavy atom. The molecule has 1 N–H and O–H groups in total. The van der Waals surface area contributed by atoms with Crippen LogP contribution in [0.4, 0.5) is 0 Å². The minimum Gasteiger partial charge on any atom is -0.465 e. The predicted octanol–water partition coefficient (Wildman–Crippen LogP) is 2.77. The van der Waals surface area contributed by atoms with Crippen LogP contribution in [0, 0.1) is 5.92 Å². The average Bonchev–Trinajstić information content (AvgIpc) is 2.56. The van der Waals surface area contributed by atoms with Crippen LogP contribution >= 0.6 is 0 Å². The Morgan fingerprint density at radius 3 is 2.45 bits per heavy atom. The second-order valence-corrected chi connectivity index (χ2v) is 5.91. The van der Waals surface area contributed by atoms with Crippen molar-refractivity contribution in [2.24, 2.45) is 5.92 Å². The molecule has 4 heteroatoms. The van der Waals surface area contributed by atoms with E-state index in [0.29, 0.717) is 6.61 Å². The fourth-order valence-electron chi connectivity index (χ4n) is 3.28. The fourth-order valence-corrected chi connectivity index (χ4v) is 3.28.